The largest absolute Gasteiger partial charge is 0.389 e. The number of hydrogen-bond donors (Lipinski definition) is 1. The Morgan fingerprint density at radius 2 is 2.40 bits per heavy atom. The second-order valence-electron chi connectivity index (χ2n) is 2.07. The van der Waals surface area contributed by atoms with E-state index in [1.165, 1.54) is 0 Å². The maximum Gasteiger partial charge on any atom is 0.0791 e. The molecular formula is C7H8ClNO. The van der Waals surface area contributed by atoms with Gasteiger partial charge in [0.05, 0.1) is 6.10 Å². The third kappa shape index (κ3) is 1.46. The fraction of sp³-hybridized carbons (Fsp3) is 0.286. The van der Waals surface area contributed by atoms with Crippen LogP contribution in [0, 0.1) is 0 Å². The molecule has 1 atom stereocenters. The van der Waals surface area contributed by atoms with Crippen LogP contribution < -0.4 is 0 Å². The smallest absolute Gasteiger partial charge is 0.0791 e. The summed E-state index contributed by atoms with van der Waals surface area (Å²) in [6.07, 6.45) is 2.61. The summed E-state index contributed by atoms with van der Waals surface area (Å²) in [5.74, 6) is 0. The van der Waals surface area contributed by atoms with Crippen LogP contribution in [-0.2, 0) is 0 Å². The third-order valence-corrected chi connectivity index (χ3v) is 1.59. The van der Waals surface area contributed by atoms with E-state index in [1.807, 2.05) is 0 Å². The van der Waals surface area contributed by atoms with Gasteiger partial charge in [0.15, 0.2) is 0 Å². The molecule has 0 aliphatic rings. The molecule has 1 N–H and O–H groups in total. The van der Waals surface area contributed by atoms with Crippen molar-refractivity contribution in [3.8, 4) is 0 Å². The average molecular weight is 158 g/mol. The summed E-state index contributed by atoms with van der Waals surface area (Å²) >= 11 is 5.72. The highest BCUT2D eigenvalue weighted by Gasteiger charge is 2.03. The van der Waals surface area contributed by atoms with Crippen molar-refractivity contribution in [2.75, 3.05) is 0 Å². The SMILES string of the molecule is CC(O)c1cnccc1Cl. The van der Waals surface area contributed by atoms with Gasteiger partial charge in [-0.3, -0.25) is 4.98 Å². The summed E-state index contributed by atoms with van der Waals surface area (Å²) < 4.78 is 0. The molecule has 10 heavy (non-hydrogen) atoms. The Labute approximate surface area is 64.5 Å². The van der Waals surface area contributed by atoms with Crippen LogP contribution in [0.4, 0.5) is 0 Å². The van der Waals surface area contributed by atoms with Crippen LogP contribution in [-0.4, -0.2) is 10.1 Å². The lowest BCUT2D eigenvalue weighted by atomic mass is 10.2. The Morgan fingerprint density at radius 1 is 1.70 bits per heavy atom. The normalized spacial score (nSPS) is 13.1. The van der Waals surface area contributed by atoms with Crippen LogP contribution >= 0.6 is 11.6 Å². The highest BCUT2D eigenvalue weighted by molar-refractivity contribution is 6.31. The lowest BCUT2D eigenvalue weighted by Crippen LogP contribution is -1.92. The van der Waals surface area contributed by atoms with E-state index in [0.29, 0.717) is 10.6 Å². The van der Waals surface area contributed by atoms with Gasteiger partial charge < -0.3 is 5.11 Å². The molecule has 3 heteroatoms. The molecule has 0 radical (unpaired) electrons. The maximum atomic E-state index is 9.08. The first-order valence-corrected chi connectivity index (χ1v) is 3.37. The van der Waals surface area contributed by atoms with Crippen molar-refractivity contribution in [3.63, 3.8) is 0 Å². The van der Waals surface area contributed by atoms with Crippen LogP contribution in [0.3, 0.4) is 0 Å². The van der Waals surface area contributed by atoms with Gasteiger partial charge in [-0.25, -0.2) is 0 Å². The number of aromatic nitrogens is 1. The molecule has 1 heterocycles. The molecule has 1 unspecified atom stereocenters. The van der Waals surface area contributed by atoms with Gasteiger partial charge in [-0.05, 0) is 13.0 Å². The Hall–Kier alpha value is -0.600. The van der Waals surface area contributed by atoms with E-state index < -0.39 is 6.10 Å². The van der Waals surface area contributed by atoms with Crippen molar-refractivity contribution in [2.24, 2.45) is 0 Å². The summed E-state index contributed by atoms with van der Waals surface area (Å²) in [6.45, 7) is 1.66. The molecule has 0 spiro atoms. The zero-order chi connectivity index (χ0) is 7.56. The number of halogens is 1. The van der Waals surface area contributed by atoms with Crippen LogP contribution in [0.25, 0.3) is 0 Å². The van der Waals surface area contributed by atoms with E-state index in [2.05, 4.69) is 4.98 Å². The van der Waals surface area contributed by atoms with Gasteiger partial charge >= 0.3 is 0 Å². The highest BCUT2D eigenvalue weighted by atomic mass is 35.5. The summed E-state index contributed by atoms with van der Waals surface area (Å²) in [7, 11) is 0. The molecule has 0 saturated carbocycles. The molecule has 0 fully saturated rings. The maximum absolute atomic E-state index is 9.08. The minimum Gasteiger partial charge on any atom is -0.389 e. The lowest BCUT2D eigenvalue weighted by Gasteiger charge is -2.04. The number of nitrogens with zero attached hydrogens (tertiary/aromatic N) is 1. The van der Waals surface area contributed by atoms with Crippen LogP contribution in [0.1, 0.15) is 18.6 Å². The number of pyridine rings is 1. The van der Waals surface area contributed by atoms with E-state index in [9.17, 15) is 0 Å². The minimum absolute atomic E-state index is 0.541. The van der Waals surface area contributed by atoms with Crippen molar-refractivity contribution in [3.05, 3.63) is 29.0 Å². The molecule has 1 aromatic heterocycles. The van der Waals surface area contributed by atoms with Gasteiger partial charge in [-0.2, -0.15) is 0 Å². The minimum atomic E-state index is -0.541. The molecule has 1 rings (SSSR count). The van der Waals surface area contributed by atoms with E-state index >= 15 is 0 Å². The van der Waals surface area contributed by atoms with Gasteiger partial charge in [0.1, 0.15) is 0 Å². The molecule has 0 amide bonds. The Balaban J connectivity index is 3.03. The lowest BCUT2D eigenvalue weighted by molar-refractivity contribution is 0.199. The van der Waals surface area contributed by atoms with Crippen molar-refractivity contribution < 1.29 is 5.11 Å². The first-order valence-electron chi connectivity index (χ1n) is 2.99. The summed E-state index contributed by atoms with van der Waals surface area (Å²) in [5, 5.41) is 9.64. The standard InChI is InChI=1S/C7H8ClNO/c1-5(10)6-4-9-3-2-7(6)8/h2-5,10H,1H3. The fourth-order valence-corrected chi connectivity index (χ4v) is 0.960. The summed E-state index contributed by atoms with van der Waals surface area (Å²) in [6, 6.07) is 1.66. The summed E-state index contributed by atoms with van der Waals surface area (Å²) in [4.78, 5) is 3.82. The number of rotatable bonds is 1. The zero-order valence-corrected chi connectivity index (χ0v) is 6.34. The molecule has 0 aliphatic heterocycles. The van der Waals surface area contributed by atoms with Gasteiger partial charge in [0, 0.05) is 23.0 Å². The molecule has 0 bridgehead atoms. The van der Waals surface area contributed by atoms with Gasteiger partial charge in [0.25, 0.3) is 0 Å². The summed E-state index contributed by atoms with van der Waals surface area (Å²) in [5.41, 5.74) is 0.671. The number of aliphatic hydroxyl groups excluding tert-OH is 1. The number of aliphatic hydroxyl groups is 1. The topological polar surface area (TPSA) is 33.1 Å². The molecule has 0 aliphatic carbocycles. The van der Waals surface area contributed by atoms with Crippen LogP contribution in [0.2, 0.25) is 5.02 Å². The van der Waals surface area contributed by atoms with Crippen molar-refractivity contribution in [1.29, 1.82) is 0 Å². The van der Waals surface area contributed by atoms with Crippen molar-refractivity contribution >= 4 is 11.6 Å². The molecule has 54 valence electrons. The molecule has 0 saturated heterocycles. The van der Waals surface area contributed by atoms with Crippen molar-refractivity contribution in [2.45, 2.75) is 13.0 Å². The molecule has 2 nitrogen and oxygen atoms in total. The predicted molar refractivity (Wildman–Crippen MR) is 39.9 cm³/mol. The van der Waals surface area contributed by atoms with E-state index in [-0.39, 0.29) is 0 Å². The van der Waals surface area contributed by atoms with Gasteiger partial charge in [-0.1, -0.05) is 11.6 Å². The van der Waals surface area contributed by atoms with Crippen molar-refractivity contribution in [1.82, 2.24) is 4.98 Å². The average Bonchev–Trinajstić information content (AvgIpc) is 1.88. The van der Waals surface area contributed by atoms with Gasteiger partial charge in [0.2, 0.25) is 0 Å². The third-order valence-electron chi connectivity index (χ3n) is 1.25. The monoisotopic (exact) mass is 157 g/mol. The zero-order valence-electron chi connectivity index (χ0n) is 5.58. The quantitative estimate of drug-likeness (QED) is 0.674. The van der Waals surface area contributed by atoms with E-state index in [4.69, 9.17) is 16.7 Å². The van der Waals surface area contributed by atoms with Crippen LogP contribution in [0.15, 0.2) is 18.5 Å². The van der Waals surface area contributed by atoms with Crippen LogP contribution in [0.5, 0.6) is 0 Å². The Kier molecular flexibility index (Phi) is 2.25. The van der Waals surface area contributed by atoms with E-state index in [0.717, 1.165) is 0 Å². The molecule has 0 aromatic carbocycles. The predicted octanol–water partition coefficient (Wildman–Crippen LogP) is 1.79. The second-order valence-corrected chi connectivity index (χ2v) is 2.48. The first kappa shape index (κ1) is 7.51. The molecular weight excluding hydrogens is 150 g/mol. The Morgan fingerprint density at radius 3 is 2.80 bits per heavy atom. The number of hydrogen-bond acceptors (Lipinski definition) is 2. The Bertz CT molecular complexity index is 225. The highest BCUT2D eigenvalue weighted by Crippen LogP contribution is 2.20. The van der Waals surface area contributed by atoms with E-state index in [1.54, 1.807) is 25.4 Å². The molecule has 1 aromatic rings. The fourth-order valence-electron chi connectivity index (χ4n) is 0.697. The second kappa shape index (κ2) is 2.99. The van der Waals surface area contributed by atoms with Gasteiger partial charge in [-0.15, -0.1) is 0 Å². The first-order chi connectivity index (χ1) is 4.72.